The van der Waals surface area contributed by atoms with E-state index in [0.29, 0.717) is 5.75 Å². The van der Waals surface area contributed by atoms with E-state index in [4.69, 9.17) is 4.74 Å². The van der Waals surface area contributed by atoms with Crippen LogP contribution in [0.3, 0.4) is 0 Å². The lowest BCUT2D eigenvalue weighted by atomic mass is 10.3. The first-order chi connectivity index (χ1) is 9.03. The Labute approximate surface area is 117 Å². The summed E-state index contributed by atoms with van der Waals surface area (Å²) in [6, 6.07) is 9.88. The standard InChI is InChI=1S/C13H15NO3S2/c1-10(13-4-3-9-18-13)14-19(15,16)12-7-5-11(17-2)6-8-12/h3-10,14H,1-2H3. The van der Waals surface area contributed by atoms with Crippen LogP contribution >= 0.6 is 11.3 Å². The highest BCUT2D eigenvalue weighted by molar-refractivity contribution is 7.89. The third-order valence-electron chi connectivity index (χ3n) is 2.67. The van der Waals surface area contributed by atoms with Gasteiger partial charge in [-0.05, 0) is 42.6 Å². The second-order valence-electron chi connectivity index (χ2n) is 4.03. The van der Waals surface area contributed by atoms with Crippen LogP contribution in [-0.2, 0) is 10.0 Å². The van der Waals surface area contributed by atoms with Crippen LogP contribution in [-0.4, -0.2) is 15.5 Å². The summed E-state index contributed by atoms with van der Waals surface area (Å²) in [5.41, 5.74) is 0. The number of sulfonamides is 1. The summed E-state index contributed by atoms with van der Waals surface area (Å²) < 4.78 is 32.0. The molecule has 1 aromatic carbocycles. The van der Waals surface area contributed by atoms with Crippen molar-refractivity contribution in [1.29, 1.82) is 0 Å². The monoisotopic (exact) mass is 297 g/mol. The van der Waals surface area contributed by atoms with E-state index >= 15 is 0 Å². The Morgan fingerprint density at radius 2 is 1.89 bits per heavy atom. The molecular formula is C13H15NO3S2. The van der Waals surface area contributed by atoms with Gasteiger partial charge >= 0.3 is 0 Å². The zero-order chi connectivity index (χ0) is 13.9. The molecule has 2 rings (SSSR count). The molecule has 1 N–H and O–H groups in total. The lowest BCUT2D eigenvalue weighted by Gasteiger charge is -2.13. The predicted molar refractivity (Wildman–Crippen MR) is 76.0 cm³/mol. The molecule has 0 saturated heterocycles. The minimum Gasteiger partial charge on any atom is -0.497 e. The lowest BCUT2D eigenvalue weighted by Crippen LogP contribution is -2.26. The average molecular weight is 297 g/mol. The summed E-state index contributed by atoms with van der Waals surface area (Å²) >= 11 is 1.53. The molecule has 0 aliphatic carbocycles. The van der Waals surface area contributed by atoms with E-state index in [1.54, 1.807) is 19.2 Å². The quantitative estimate of drug-likeness (QED) is 0.923. The van der Waals surface area contributed by atoms with Gasteiger partial charge in [-0.1, -0.05) is 6.07 Å². The molecule has 6 heteroatoms. The molecule has 0 fully saturated rings. The number of thiophene rings is 1. The Kier molecular flexibility index (Phi) is 4.24. The highest BCUT2D eigenvalue weighted by Gasteiger charge is 2.18. The summed E-state index contributed by atoms with van der Waals surface area (Å²) in [6.45, 7) is 1.83. The number of ether oxygens (including phenoxy) is 1. The molecule has 1 unspecified atom stereocenters. The Balaban J connectivity index is 2.17. The molecule has 0 aliphatic rings. The van der Waals surface area contributed by atoms with Crippen LogP contribution in [0.4, 0.5) is 0 Å². The first-order valence-electron chi connectivity index (χ1n) is 5.73. The Morgan fingerprint density at radius 3 is 2.42 bits per heavy atom. The normalized spacial score (nSPS) is 13.2. The maximum absolute atomic E-state index is 12.2. The fraction of sp³-hybridized carbons (Fsp3) is 0.231. The fourth-order valence-electron chi connectivity index (χ4n) is 1.65. The van der Waals surface area contributed by atoms with Crippen molar-refractivity contribution in [2.75, 3.05) is 7.11 Å². The Bertz CT molecular complexity index is 618. The molecule has 0 aliphatic heterocycles. The van der Waals surface area contributed by atoms with Crippen LogP contribution < -0.4 is 9.46 Å². The van der Waals surface area contributed by atoms with E-state index < -0.39 is 10.0 Å². The summed E-state index contributed by atoms with van der Waals surface area (Å²) in [6.07, 6.45) is 0. The molecule has 1 atom stereocenters. The molecule has 0 saturated carbocycles. The molecule has 4 nitrogen and oxygen atoms in total. The maximum Gasteiger partial charge on any atom is 0.241 e. The molecule has 1 aromatic heterocycles. The number of hydrogen-bond donors (Lipinski definition) is 1. The van der Waals surface area contributed by atoms with Crippen molar-refractivity contribution >= 4 is 21.4 Å². The van der Waals surface area contributed by atoms with Gasteiger partial charge in [0.2, 0.25) is 10.0 Å². The molecule has 2 aromatic rings. The zero-order valence-electron chi connectivity index (χ0n) is 10.7. The topological polar surface area (TPSA) is 55.4 Å². The third kappa shape index (κ3) is 3.34. The molecule has 102 valence electrons. The van der Waals surface area contributed by atoms with Gasteiger partial charge in [-0.2, -0.15) is 0 Å². The van der Waals surface area contributed by atoms with E-state index in [1.165, 1.54) is 23.5 Å². The van der Waals surface area contributed by atoms with Gasteiger partial charge in [0.15, 0.2) is 0 Å². The van der Waals surface area contributed by atoms with Crippen molar-refractivity contribution in [3.05, 3.63) is 46.7 Å². The SMILES string of the molecule is COc1ccc(S(=O)(=O)NC(C)c2cccs2)cc1. The number of methoxy groups -OCH3 is 1. The third-order valence-corrected chi connectivity index (χ3v) is 5.28. The van der Waals surface area contributed by atoms with Crippen molar-refractivity contribution in [2.24, 2.45) is 0 Å². The van der Waals surface area contributed by atoms with E-state index in [1.807, 2.05) is 24.4 Å². The molecular weight excluding hydrogens is 282 g/mol. The minimum atomic E-state index is -3.51. The van der Waals surface area contributed by atoms with Gasteiger partial charge in [0.25, 0.3) is 0 Å². The predicted octanol–water partition coefficient (Wildman–Crippen LogP) is 2.80. The highest BCUT2D eigenvalue weighted by atomic mass is 32.2. The van der Waals surface area contributed by atoms with Crippen molar-refractivity contribution in [1.82, 2.24) is 4.72 Å². The van der Waals surface area contributed by atoms with E-state index in [9.17, 15) is 8.42 Å². The Morgan fingerprint density at radius 1 is 1.21 bits per heavy atom. The van der Waals surface area contributed by atoms with Gasteiger partial charge in [-0.3, -0.25) is 0 Å². The molecule has 0 radical (unpaired) electrons. The highest BCUT2D eigenvalue weighted by Crippen LogP contribution is 2.22. The van der Waals surface area contributed by atoms with Crippen molar-refractivity contribution in [3.63, 3.8) is 0 Å². The van der Waals surface area contributed by atoms with Gasteiger partial charge in [0.1, 0.15) is 5.75 Å². The van der Waals surface area contributed by atoms with E-state index in [-0.39, 0.29) is 10.9 Å². The largest absolute Gasteiger partial charge is 0.497 e. The molecule has 0 amide bonds. The number of rotatable bonds is 5. The zero-order valence-corrected chi connectivity index (χ0v) is 12.3. The van der Waals surface area contributed by atoms with Gasteiger partial charge in [-0.25, -0.2) is 13.1 Å². The fourth-order valence-corrected chi connectivity index (χ4v) is 3.68. The summed E-state index contributed by atoms with van der Waals surface area (Å²) in [5, 5.41) is 1.92. The molecule has 0 bridgehead atoms. The smallest absolute Gasteiger partial charge is 0.241 e. The summed E-state index contributed by atoms with van der Waals surface area (Å²) in [4.78, 5) is 1.22. The van der Waals surface area contributed by atoms with Gasteiger partial charge in [0.05, 0.1) is 18.0 Å². The van der Waals surface area contributed by atoms with Crippen molar-refractivity contribution in [2.45, 2.75) is 17.9 Å². The molecule has 0 spiro atoms. The van der Waals surface area contributed by atoms with Gasteiger partial charge < -0.3 is 4.74 Å². The van der Waals surface area contributed by atoms with Crippen LogP contribution in [0.25, 0.3) is 0 Å². The second kappa shape index (κ2) is 5.73. The first-order valence-corrected chi connectivity index (χ1v) is 8.09. The Hall–Kier alpha value is -1.37. The van der Waals surface area contributed by atoms with Crippen molar-refractivity contribution in [3.8, 4) is 5.75 Å². The van der Waals surface area contributed by atoms with Crippen molar-refractivity contribution < 1.29 is 13.2 Å². The number of benzene rings is 1. The lowest BCUT2D eigenvalue weighted by molar-refractivity contribution is 0.414. The summed E-state index contributed by atoms with van der Waals surface area (Å²) in [5.74, 6) is 0.630. The van der Waals surface area contributed by atoms with Crippen LogP contribution in [0.5, 0.6) is 5.75 Å². The van der Waals surface area contributed by atoms with Crippen LogP contribution in [0.1, 0.15) is 17.8 Å². The average Bonchev–Trinajstić information content (AvgIpc) is 2.92. The van der Waals surface area contributed by atoms with E-state index in [0.717, 1.165) is 4.88 Å². The number of nitrogens with one attached hydrogen (secondary N) is 1. The maximum atomic E-state index is 12.2. The van der Waals surface area contributed by atoms with Crippen LogP contribution in [0.2, 0.25) is 0 Å². The summed E-state index contributed by atoms with van der Waals surface area (Å²) in [7, 11) is -1.97. The first kappa shape index (κ1) is 14.0. The van der Waals surface area contributed by atoms with Gasteiger partial charge in [-0.15, -0.1) is 11.3 Å². The minimum absolute atomic E-state index is 0.233. The van der Waals surface area contributed by atoms with E-state index in [2.05, 4.69) is 4.72 Å². The number of hydrogen-bond acceptors (Lipinski definition) is 4. The second-order valence-corrected chi connectivity index (χ2v) is 6.73. The molecule has 1 heterocycles. The van der Waals surface area contributed by atoms with Crippen LogP contribution in [0.15, 0.2) is 46.7 Å². The van der Waals surface area contributed by atoms with Gasteiger partial charge in [0, 0.05) is 4.88 Å². The molecule has 19 heavy (non-hydrogen) atoms. The van der Waals surface area contributed by atoms with Crippen LogP contribution in [0, 0.1) is 0 Å².